The molecule has 0 radical (unpaired) electrons. The molecule has 1 spiro atoms. The number of alkyl halides is 3. The molecule has 0 unspecified atom stereocenters. The number of nitrogens with zero attached hydrogens (tertiary/aromatic N) is 3. The molecule has 0 bridgehead atoms. The van der Waals surface area contributed by atoms with Gasteiger partial charge in [0.05, 0.1) is 17.9 Å². The van der Waals surface area contributed by atoms with Crippen LogP contribution in [-0.4, -0.2) is 77.8 Å². The summed E-state index contributed by atoms with van der Waals surface area (Å²) in [6.07, 6.45) is -0.513. The number of aromatic nitrogens is 2. The molecule has 2 aliphatic heterocycles. The maximum Gasteiger partial charge on any atom is 0.403 e. The Labute approximate surface area is 242 Å². The van der Waals surface area contributed by atoms with E-state index in [4.69, 9.17) is 9.47 Å². The molecule has 2 saturated carbocycles. The minimum absolute atomic E-state index is 0.0153. The Morgan fingerprint density at radius 2 is 1.93 bits per heavy atom. The van der Waals surface area contributed by atoms with Gasteiger partial charge in [-0.2, -0.15) is 13.2 Å². The van der Waals surface area contributed by atoms with Crippen molar-refractivity contribution in [1.29, 1.82) is 0 Å². The molecule has 226 valence electrons. The van der Waals surface area contributed by atoms with Crippen LogP contribution in [0.25, 0.3) is 11.3 Å². The first-order valence-corrected chi connectivity index (χ1v) is 14.8. The minimum Gasteiger partial charge on any atom is -0.488 e. The highest BCUT2D eigenvalue weighted by molar-refractivity contribution is 5.96. The van der Waals surface area contributed by atoms with Gasteiger partial charge in [0.15, 0.2) is 11.4 Å². The van der Waals surface area contributed by atoms with Gasteiger partial charge in [0, 0.05) is 37.3 Å². The lowest BCUT2D eigenvalue weighted by Crippen LogP contribution is -2.68. The molecular weight excluding hydrogens is 551 g/mol. The number of pyridine rings is 2. The van der Waals surface area contributed by atoms with Crippen molar-refractivity contribution in [2.24, 2.45) is 10.8 Å². The van der Waals surface area contributed by atoms with Crippen LogP contribution in [-0.2, 0) is 4.79 Å². The maximum atomic E-state index is 13.9. The lowest BCUT2D eigenvalue weighted by molar-refractivity contribution is -0.234. The summed E-state index contributed by atoms with van der Waals surface area (Å²) in [5, 5.41) is 6.27. The number of hydrogen-bond donors (Lipinski definition) is 2. The molecule has 4 heterocycles. The van der Waals surface area contributed by atoms with Gasteiger partial charge < -0.3 is 25.0 Å². The summed E-state index contributed by atoms with van der Waals surface area (Å²) in [5.41, 5.74) is -1.13. The van der Waals surface area contributed by atoms with E-state index in [0.29, 0.717) is 74.8 Å². The van der Waals surface area contributed by atoms with Crippen LogP contribution in [0.15, 0.2) is 30.5 Å². The molecule has 2 amide bonds. The van der Waals surface area contributed by atoms with Gasteiger partial charge in [0.25, 0.3) is 5.91 Å². The lowest BCUT2D eigenvalue weighted by Gasteiger charge is -2.59. The van der Waals surface area contributed by atoms with Crippen LogP contribution in [0.5, 0.6) is 11.6 Å². The Morgan fingerprint density at radius 1 is 1.17 bits per heavy atom. The third-order valence-electron chi connectivity index (χ3n) is 9.16. The monoisotopic (exact) mass is 587 g/mol. The highest BCUT2D eigenvalue weighted by Gasteiger charge is 2.65. The fourth-order valence-electron chi connectivity index (χ4n) is 6.96. The van der Waals surface area contributed by atoms with Crippen molar-refractivity contribution in [2.45, 2.75) is 70.2 Å². The molecular formula is C30H36F3N5O4. The Morgan fingerprint density at radius 3 is 2.60 bits per heavy atom. The molecule has 2 aromatic heterocycles. The van der Waals surface area contributed by atoms with Crippen molar-refractivity contribution in [1.82, 2.24) is 25.5 Å². The first kappa shape index (κ1) is 28.7. The van der Waals surface area contributed by atoms with E-state index in [-0.39, 0.29) is 42.0 Å². The van der Waals surface area contributed by atoms with E-state index in [1.807, 2.05) is 13.0 Å². The number of rotatable bonds is 8. The fourth-order valence-corrected chi connectivity index (χ4v) is 6.96. The van der Waals surface area contributed by atoms with E-state index in [0.717, 1.165) is 13.0 Å². The predicted octanol–water partition coefficient (Wildman–Crippen LogP) is 4.13. The highest BCUT2D eigenvalue weighted by atomic mass is 19.4. The summed E-state index contributed by atoms with van der Waals surface area (Å²) in [5.74, 6) is -0.351. The molecule has 2 aromatic rings. The van der Waals surface area contributed by atoms with Gasteiger partial charge in [0.2, 0.25) is 11.8 Å². The van der Waals surface area contributed by atoms with Crippen LogP contribution >= 0.6 is 0 Å². The molecule has 1 atom stereocenters. The van der Waals surface area contributed by atoms with E-state index in [1.165, 1.54) is 4.90 Å². The molecule has 4 fully saturated rings. The Balaban J connectivity index is 1.15. The molecule has 2 aliphatic carbocycles. The normalized spacial score (nSPS) is 22.9. The maximum absolute atomic E-state index is 13.9. The zero-order valence-corrected chi connectivity index (χ0v) is 23.6. The molecule has 2 saturated heterocycles. The van der Waals surface area contributed by atoms with Crippen molar-refractivity contribution in [3.8, 4) is 22.9 Å². The molecule has 6 rings (SSSR count). The van der Waals surface area contributed by atoms with Crippen molar-refractivity contribution in [3.05, 3.63) is 36.2 Å². The number of carbonyl (C=O) groups is 2. The van der Waals surface area contributed by atoms with Crippen molar-refractivity contribution in [2.75, 3.05) is 32.8 Å². The summed E-state index contributed by atoms with van der Waals surface area (Å²) >= 11 is 0. The largest absolute Gasteiger partial charge is 0.488 e. The van der Waals surface area contributed by atoms with Crippen LogP contribution in [0, 0.1) is 10.8 Å². The number of hydrogen-bond acceptors (Lipinski definition) is 7. The van der Waals surface area contributed by atoms with Crippen LogP contribution in [0.1, 0.15) is 62.4 Å². The van der Waals surface area contributed by atoms with Crippen LogP contribution in [0.3, 0.4) is 0 Å². The van der Waals surface area contributed by atoms with Crippen molar-refractivity contribution < 1.29 is 32.2 Å². The van der Waals surface area contributed by atoms with Crippen LogP contribution in [0.2, 0.25) is 0 Å². The number of amides is 2. The zero-order chi connectivity index (χ0) is 29.5. The van der Waals surface area contributed by atoms with Gasteiger partial charge in [-0.15, -0.1) is 0 Å². The quantitative estimate of drug-likeness (QED) is 0.479. The average Bonchev–Trinajstić information content (AvgIpc) is 3.63. The van der Waals surface area contributed by atoms with Gasteiger partial charge in [0.1, 0.15) is 11.5 Å². The summed E-state index contributed by atoms with van der Waals surface area (Å²) in [4.78, 5) is 36.7. The van der Waals surface area contributed by atoms with E-state index in [2.05, 4.69) is 20.6 Å². The SMILES string of the molecule is CCOc1ncccc1-c1ccc(OC2CC3(C2)CN(C(=O)C2(C(F)(F)F)CCCC2)C3)c(C(=O)N[C@@H]2CCNC2)n1. The summed E-state index contributed by atoms with van der Waals surface area (Å²) in [7, 11) is 0. The molecule has 9 nitrogen and oxygen atoms in total. The second-order valence-electron chi connectivity index (χ2n) is 12.1. The Kier molecular flexibility index (Phi) is 7.53. The summed E-state index contributed by atoms with van der Waals surface area (Å²) in [6.45, 7) is 4.41. The van der Waals surface area contributed by atoms with E-state index in [9.17, 15) is 22.8 Å². The first-order valence-electron chi connectivity index (χ1n) is 14.8. The molecule has 0 aromatic carbocycles. The average molecular weight is 588 g/mol. The van der Waals surface area contributed by atoms with Gasteiger partial charge >= 0.3 is 6.18 Å². The van der Waals surface area contributed by atoms with Crippen molar-refractivity contribution in [3.63, 3.8) is 0 Å². The Bertz CT molecular complexity index is 1330. The second-order valence-corrected chi connectivity index (χ2v) is 12.1. The van der Waals surface area contributed by atoms with Crippen LogP contribution < -0.4 is 20.1 Å². The van der Waals surface area contributed by atoms with Gasteiger partial charge in [-0.3, -0.25) is 9.59 Å². The standard InChI is InChI=1S/C30H36F3N5O4/c1-2-41-26-21(6-5-12-35-26)22-7-8-23(24(37-22)25(39)36-19-9-13-34-16-19)42-20-14-28(15-20)17-38(18-28)27(40)29(30(31,32)33)10-3-4-11-29/h5-8,12,19-20,34H,2-4,9-11,13-18H2,1H3,(H,36,39)/t19-/m1/s1. The molecule has 12 heteroatoms. The predicted molar refractivity (Wildman–Crippen MR) is 147 cm³/mol. The van der Waals surface area contributed by atoms with E-state index in [1.54, 1.807) is 24.4 Å². The number of carbonyl (C=O) groups excluding carboxylic acids is 2. The molecule has 42 heavy (non-hydrogen) atoms. The van der Waals surface area contributed by atoms with Gasteiger partial charge in [-0.25, -0.2) is 9.97 Å². The third kappa shape index (κ3) is 5.18. The topological polar surface area (TPSA) is 106 Å². The van der Waals surface area contributed by atoms with Gasteiger partial charge in [-0.05, 0) is 69.8 Å². The smallest absolute Gasteiger partial charge is 0.403 e. The van der Waals surface area contributed by atoms with Crippen molar-refractivity contribution >= 4 is 11.8 Å². The fraction of sp³-hybridized carbons (Fsp3) is 0.600. The number of ether oxygens (including phenoxy) is 2. The highest BCUT2D eigenvalue weighted by Crippen LogP contribution is 2.56. The number of nitrogens with one attached hydrogen (secondary N) is 2. The first-order chi connectivity index (χ1) is 20.1. The minimum atomic E-state index is -4.53. The summed E-state index contributed by atoms with van der Waals surface area (Å²) in [6, 6.07) is 7.08. The summed E-state index contributed by atoms with van der Waals surface area (Å²) < 4.78 is 53.6. The number of halogens is 3. The van der Waals surface area contributed by atoms with Crippen LogP contribution in [0.4, 0.5) is 13.2 Å². The Hall–Kier alpha value is -3.41. The van der Waals surface area contributed by atoms with E-state index >= 15 is 0 Å². The van der Waals surface area contributed by atoms with Gasteiger partial charge in [-0.1, -0.05) is 12.8 Å². The second kappa shape index (κ2) is 11.0. The number of likely N-dealkylation sites (tertiary alicyclic amines) is 1. The molecule has 4 aliphatic rings. The lowest BCUT2D eigenvalue weighted by atomic mass is 9.61. The van der Waals surface area contributed by atoms with E-state index < -0.39 is 17.5 Å². The third-order valence-corrected chi connectivity index (χ3v) is 9.16. The molecule has 2 N–H and O–H groups in total. The zero-order valence-electron chi connectivity index (χ0n) is 23.6.